The van der Waals surface area contributed by atoms with Gasteiger partial charge in [-0.1, -0.05) is 36.4 Å². The van der Waals surface area contributed by atoms with Gasteiger partial charge in [0.2, 0.25) is 0 Å². The first-order valence-corrected chi connectivity index (χ1v) is 10.6. The molecule has 0 aliphatic carbocycles. The van der Waals surface area contributed by atoms with Crippen LogP contribution in [0.2, 0.25) is 0 Å². The summed E-state index contributed by atoms with van der Waals surface area (Å²) in [6.07, 6.45) is 1.98. The molecule has 5 nitrogen and oxygen atoms in total. The first-order valence-electron chi connectivity index (χ1n) is 8.90. The van der Waals surface area contributed by atoms with Gasteiger partial charge in [0.15, 0.2) is 6.29 Å². The minimum Gasteiger partial charge on any atom is -0.424 e. The van der Waals surface area contributed by atoms with Crippen molar-refractivity contribution < 1.29 is 18.4 Å². The van der Waals surface area contributed by atoms with Gasteiger partial charge in [-0.2, -0.15) is 0 Å². The van der Waals surface area contributed by atoms with Gasteiger partial charge in [0.1, 0.15) is 5.75 Å². The van der Waals surface area contributed by atoms with Crippen LogP contribution in [0.4, 0.5) is 0 Å². The number of carbonyl (C=O) groups excluding carboxylic acids is 1. The van der Waals surface area contributed by atoms with Crippen LogP contribution in [0.15, 0.2) is 48.5 Å². The van der Waals surface area contributed by atoms with Crippen molar-refractivity contribution in [3.63, 3.8) is 0 Å². The maximum absolute atomic E-state index is 13.2. The van der Waals surface area contributed by atoms with Crippen LogP contribution in [0, 0.1) is 0 Å². The zero-order valence-corrected chi connectivity index (χ0v) is 15.9. The van der Waals surface area contributed by atoms with E-state index in [-0.39, 0.29) is 6.16 Å². The number of hydrogen-bond acceptors (Lipinski definition) is 5. The molecule has 1 unspecified atom stereocenters. The Labute approximate surface area is 154 Å². The minimum absolute atomic E-state index is 0.288. The third kappa shape index (κ3) is 4.61. The summed E-state index contributed by atoms with van der Waals surface area (Å²) in [5, 5.41) is 0. The van der Waals surface area contributed by atoms with E-state index in [1.165, 1.54) is 11.1 Å². The van der Waals surface area contributed by atoms with Gasteiger partial charge >= 0.3 is 7.60 Å². The third-order valence-corrected chi connectivity index (χ3v) is 6.38. The molecule has 0 saturated heterocycles. The van der Waals surface area contributed by atoms with Crippen LogP contribution in [-0.2, 0) is 22.1 Å². The van der Waals surface area contributed by atoms with E-state index in [0.29, 0.717) is 30.8 Å². The van der Waals surface area contributed by atoms with Gasteiger partial charge in [-0.3, -0.25) is 9.69 Å². The molecule has 0 bridgehead atoms. The van der Waals surface area contributed by atoms with E-state index in [1.807, 2.05) is 6.07 Å². The van der Waals surface area contributed by atoms with E-state index < -0.39 is 7.60 Å². The Bertz CT molecular complexity index is 808. The zero-order valence-electron chi connectivity index (χ0n) is 15.0. The fraction of sp³-hybridized carbons (Fsp3) is 0.350. The normalized spacial score (nSPS) is 16.5. The molecule has 0 amide bonds. The first-order chi connectivity index (χ1) is 12.6. The molecule has 6 heteroatoms. The van der Waals surface area contributed by atoms with E-state index in [1.54, 1.807) is 31.2 Å². The summed E-state index contributed by atoms with van der Waals surface area (Å²) in [5.41, 5.74) is 3.07. The number of fused-ring (bicyclic) bond motifs is 1. The summed E-state index contributed by atoms with van der Waals surface area (Å²) in [5.74, 6) is 0.309. The smallest absolute Gasteiger partial charge is 0.380 e. The van der Waals surface area contributed by atoms with Crippen molar-refractivity contribution in [2.24, 2.45) is 0 Å². The van der Waals surface area contributed by atoms with E-state index in [2.05, 4.69) is 23.1 Å². The number of rotatable bonds is 8. The largest absolute Gasteiger partial charge is 0.424 e. The fourth-order valence-electron chi connectivity index (χ4n) is 3.15. The van der Waals surface area contributed by atoms with Crippen molar-refractivity contribution in [2.75, 3.05) is 25.9 Å². The molecule has 2 aromatic rings. The molecule has 26 heavy (non-hydrogen) atoms. The van der Waals surface area contributed by atoms with Crippen LogP contribution in [0.25, 0.3) is 0 Å². The van der Waals surface area contributed by atoms with E-state index >= 15 is 0 Å². The van der Waals surface area contributed by atoms with Crippen LogP contribution in [-0.4, -0.2) is 37.0 Å². The Morgan fingerprint density at radius 1 is 1.12 bits per heavy atom. The quantitative estimate of drug-likeness (QED) is 0.514. The van der Waals surface area contributed by atoms with E-state index in [0.717, 1.165) is 19.5 Å². The van der Waals surface area contributed by atoms with Gasteiger partial charge < -0.3 is 9.05 Å². The molecule has 138 valence electrons. The van der Waals surface area contributed by atoms with Crippen molar-refractivity contribution in [2.45, 2.75) is 19.9 Å². The van der Waals surface area contributed by atoms with Gasteiger partial charge in [0.25, 0.3) is 0 Å². The van der Waals surface area contributed by atoms with E-state index in [4.69, 9.17) is 9.05 Å². The zero-order chi connectivity index (χ0) is 18.4. The number of hydrogen-bond donors (Lipinski definition) is 0. The van der Waals surface area contributed by atoms with Crippen molar-refractivity contribution in [1.29, 1.82) is 0 Å². The molecule has 0 radical (unpaired) electrons. The maximum atomic E-state index is 13.2. The molecular formula is C20H24NO4P. The summed E-state index contributed by atoms with van der Waals surface area (Å²) >= 11 is 0. The van der Waals surface area contributed by atoms with Gasteiger partial charge in [-0.15, -0.1) is 0 Å². The molecule has 2 aromatic carbocycles. The Hall–Kier alpha value is -1.94. The van der Waals surface area contributed by atoms with Gasteiger partial charge in [0, 0.05) is 19.6 Å². The molecule has 0 fully saturated rings. The lowest BCUT2D eigenvalue weighted by Gasteiger charge is -2.29. The van der Waals surface area contributed by atoms with Crippen LogP contribution < -0.4 is 4.52 Å². The summed E-state index contributed by atoms with van der Waals surface area (Å²) in [6, 6.07) is 15.2. The second-order valence-corrected chi connectivity index (χ2v) is 8.40. The lowest BCUT2D eigenvalue weighted by molar-refractivity contribution is 0.112. The summed E-state index contributed by atoms with van der Waals surface area (Å²) in [4.78, 5) is 13.4. The minimum atomic E-state index is -3.33. The molecule has 0 saturated carbocycles. The summed E-state index contributed by atoms with van der Waals surface area (Å²) in [7, 11) is -3.33. The highest BCUT2D eigenvalue weighted by atomic mass is 31.2. The molecule has 1 aliphatic heterocycles. The molecule has 1 heterocycles. The van der Waals surface area contributed by atoms with Gasteiger partial charge in [-0.05, 0) is 36.6 Å². The Morgan fingerprint density at radius 3 is 2.62 bits per heavy atom. The first kappa shape index (κ1) is 18.8. The number of nitrogens with zero attached hydrogens (tertiary/aromatic N) is 1. The maximum Gasteiger partial charge on any atom is 0.380 e. The molecular weight excluding hydrogens is 349 g/mol. The second-order valence-electron chi connectivity index (χ2n) is 6.29. The van der Waals surface area contributed by atoms with Crippen molar-refractivity contribution in [3.05, 3.63) is 65.2 Å². The van der Waals surface area contributed by atoms with Crippen LogP contribution in [0.5, 0.6) is 5.75 Å². The molecule has 0 N–H and O–H groups in total. The third-order valence-electron chi connectivity index (χ3n) is 4.51. The van der Waals surface area contributed by atoms with E-state index in [9.17, 15) is 9.36 Å². The highest BCUT2D eigenvalue weighted by Gasteiger charge is 2.28. The predicted octanol–water partition coefficient (Wildman–Crippen LogP) is 4.17. The number of benzene rings is 2. The summed E-state index contributed by atoms with van der Waals surface area (Å²) < 4.78 is 24.3. The highest BCUT2D eigenvalue weighted by molar-refractivity contribution is 7.54. The van der Waals surface area contributed by atoms with Crippen LogP contribution in [0.1, 0.15) is 28.4 Å². The lowest BCUT2D eigenvalue weighted by Crippen LogP contribution is -2.33. The molecule has 0 aromatic heterocycles. The van der Waals surface area contributed by atoms with Crippen molar-refractivity contribution >= 4 is 13.9 Å². The Balaban J connectivity index is 1.67. The molecule has 1 aliphatic rings. The molecule has 1 atom stereocenters. The van der Waals surface area contributed by atoms with Gasteiger partial charge in [-0.25, -0.2) is 4.57 Å². The highest BCUT2D eigenvalue weighted by Crippen LogP contribution is 2.48. The molecule has 3 rings (SSSR count). The average molecular weight is 373 g/mol. The number of para-hydroxylation sites is 1. The number of aldehydes is 1. The monoisotopic (exact) mass is 373 g/mol. The second kappa shape index (κ2) is 8.63. The molecule has 0 spiro atoms. The number of carbonyl (C=O) groups is 1. The van der Waals surface area contributed by atoms with Crippen LogP contribution >= 0.6 is 7.60 Å². The topological polar surface area (TPSA) is 55.8 Å². The summed E-state index contributed by atoms with van der Waals surface area (Å²) in [6.45, 7) is 4.47. The fourth-order valence-corrected chi connectivity index (χ4v) is 4.81. The Kier molecular flexibility index (Phi) is 6.25. The standard InChI is InChI=1S/C20H24NO4P/c1-2-24-26(23,25-20-10-6-5-9-19(20)16-22)14-13-21-12-11-17-7-3-4-8-18(17)15-21/h3-10,16H,2,11-15H2,1H3. The lowest BCUT2D eigenvalue weighted by atomic mass is 10.0. The van der Waals surface area contributed by atoms with Crippen molar-refractivity contribution in [3.8, 4) is 5.75 Å². The predicted molar refractivity (Wildman–Crippen MR) is 102 cm³/mol. The Morgan fingerprint density at radius 2 is 1.85 bits per heavy atom. The average Bonchev–Trinajstić information content (AvgIpc) is 2.67. The van der Waals surface area contributed by atoms with Crippen molar-refractivity contribution in [1.82, 2.24) is 4.90 Å². The van der Waals surface area contributed by atoms with Crippen LogP contribution in [0.3, 0.4) is 0 Å². The SMILES string of the molecule is CCOP(=O)(CCN1CCc2ccccc2C1)Oc1ccccc1C=O. The van der Waals surface area contributed by atoms with Gasteiger partial charge in [0.05, 0.1) is 18.3 Å².